The minimum Gasteiger partial charge on any atom is -0.237 e. The number of fused-ring (bicyclic) bond motifs is 2. The highest BCUT2D eigenvalue weighted by Crippen LogP contribution is 2.26. The first-order chi connectivity index (χ1) is 11.5. The van der Waals surface area contributed by atoms with Crippen LogP contribution >= 0.6 is 11.6 Å². The van der Waals surface area contributed by atoms with Gasteiger partial charge in [-0.2, -0.15) is 4.31 Å². The van der Waals surface area contributed by atoms with Gasteiger partial charge in [0.2, 0.25) is 10.0 Å². The standard InChI is InChI=1S/C17H14ClN3O2S/c18-14-3-5-15(6-4-14)24(22,23)21-9-7-16-13(11-21)10-12-2-1-8-19-17(12)20-16/h1-6,8,10H,7,9,11H2. The van der Waals surface area contributed by atoms with Gasteiger partial charge in [-0.05, 0) is 48.0 Å². The highest BCUT2D eigenvalue weighted by atomic mass is 35.5. The molecule has 0 spiro atoms. The van der Waals surface area contributed by atoms with Gasteiger partial charge in [0.05, 0.1) is 4.90 Å². The van der Waals surface area contributed by atoms with E-state index in [2.05, 4.69) is 9.97 Å². The van der Waals surface area contributed by atoms with Crippen molar-refractivity contribution >= 4 is 32.7 Å². The number of sulfonamides is 1. The molecule has 3 heterocycles. The molecular weight excluding hydrogens is 346 g/mol. The van der Waals surface area contributed by atoms with Gasteiger partial charge in [-0.1, -0.05) is 11.6 Å². The van der Waals surface area contributed by atoms with E-state index in [1.807, 2.05) is 18.2 Å². The van der Waals surface area contributed by atoms with Crippen molar-refractivity contribution in [2.45, 2.75) is 17.9 Å². The Kier molecular flexibility index (Phi) is 3.75. The van der Waals surface area contributed by atoms with Crippen LogP contribution in [0.2, 0.25) is 5.02 Å². The number of halogens is 1. The number of aromatic nitrogens is 2. The second-order valence-corrected chi connectivity index (χ2v) is 8.06. The summed E-state index contributed by atoms with van der Waals surface area (Å²) in [5.41, 5.74) is 2.55. The Morgan fingerprint density at radius 2 is 1.92 bits per heavy atom. The van der Waals surface area contributed by atoms with E-state index >= 15 is 0 Å². The Hall–Kier alpha value is -2.02. The van der Waals surface area contributed by atoms with Crippen LogP contribution in [0, 0.1) is 0 Å². The van der Waals surface area contributed by atoms with Crippen molar-refractivity contribution in [1.29, 1.82) is 0 Å². The van der Waals surface area contributed by atoms with Gasteiger partial charge in [-0.25, -0.2) is 18.4 Å². The monoisotopic (exact) mass is 359 g/mol. The SMILES string of the molecule is O=S(=O)(c1ccc(Cl)cc1)N1CCc2nc3ncccc3cc2C1. The Morgan fingerprint density at radius 3 is 2.71 bits per heavy atom. The summed E-state index contributed by atoms with van der Waals surface area (Å²) < 4.78 is 27.1. The molecular formula is C17H14ClN3O2S. The number of benzene rings is 1. The molecule has 5 nitrogen and oxygen atoms in total. The maximum absolute atomic E-state index is 12.8. The molecule has 0 amide bonds. The van der Waals surface area contributed by atoms with Gasteiger partial charge in [-0.3, -0.25) is 0 Å². The molecule has 0 aliphatic carbocycles. The number of rotatable bonds is 2. The van der Waals surface area contributed by atoms with E-state index in [9.17, 15) is 8.42 Å². The lowest BCUT2D eigenvalue weighted by molar-refractivity contribution is 0.388. The second-order valence-electron chi connectivity index (χ2n) is 5.69. The lowest BCUT2D eigenvalue weighted by Gasteiger charge is -2.27. The van der Waals surface area contributed by atoms with Crippen molar-refractivity contribution in [2.75, 3.05) is 6.54 Å². The third-order valence-electron chi connectivity index (χ3n) is 4.15. The van der Waals surface area contributed by atoms with Gasteiger partial charge in [0.1, 0.15) is 0 Å². The van der Waals surface area contributed by atoms with Gasteiger partial charge in [0.25, 0.3) is 0 Å². The third kappa shape index (κ3) is 2.66. The van der Waals surface area contributed by atoms with E-state index in [1.165, 1.54) is 16.4 Å². The molecule has 1 aliphatic heterocycles. The summed E-state index contributed by atoms with van der Waals surface area (Å²) in [4.78, 5) is 9.08. The lowest BCUT2D eigenvalue weighted by Crippen LogP contribution is -2.36. The van der Waals surface area contributed by atoms with E-state index in [1.54, 1.807) is 18.3 Å². The van der Waals surface area contributed by atoms with Crippen molar-refractivity contribution in [1.82, 2.24) is 14.3 Å². The molecule has 2 aromatic heterocycles. The molecule has 0 saturated carbocycles. The lowest BCUT2D eigenvalue weighted by atomic mass is 10.1. The molecule has 7 heteroatoms. The molecule has 1 aliphatic rings. The predicted octanol–water partition coefficient (Wildman–Crippen LogP) is 3.03. The van der Waals surface area contributed by atoms with Gasteiger partial charge < -0.3 is 0 Å². The van der Waals surface area contributed by atoms with Crippen molar-refractivity contribution in [3.8, 4) is 0 Å². The number of pyridine rings is 2. The molecule has 1 aromatic carbocycles. The van der Waals surface area contributed by atoms with E-state index < -0.39 is 10.0 Å². The molecule has 0 unspecified atom stereocenters. The summed E-state index contributed by atoms with van der Waals surface area (Å²) in [6.45, 7) is 0.724. The fourth-order valence-corrected chi connectivity index (χ4v) is 4.44. The first-order valence-corrected chi connectivity index (χ1v) is 9.35. The number of hydrogen-bond donors (Lipinski definition) is 0. The summed E-state index contributed by atoms with van der Waals surface area (Å²) >= 11 is 5.85. The fourth-order valence-electron chi connectivity index (χ4n) is 2.90. The molecule has 0 atom stereocenters. The predicted molar refractivity (Wildman–Crippen MR) is 92.3 cm³/mol. The number of nitrogens with zero attached hydrogens (tertiary/aromatic N) is 3. The molecule has 4 rings (SSSR count). The van der Waals surface area contributed by atoms with Crippen molar-refractivity contribution < 1.29 is 8.42 Å². The smallest absolute Gasteiger partial charge is 0.237 e. The fraction of sp³-hybridized carbons (Fsp3) is 0.176. The minimum absolute atomic E-state index is 0.255. The van der Waals surface area contributed by atoms with Crippen LogP contribution in [0.4, 0.5) is 0 Å². The van der Waals surface area contributed by atoms with Gasteiger partial charge in [0, 0.05) is 41.8 Å². The zero-order valence-corrected chi connectivity index (χ0v) is 14.3. The molecule has 0 saturated heterocycles. The van der Waals surface area contributed by atoms with Crippen molar-refractivity contribution in [2.24, 2.45) is 0 Å². The Morgan fingerprint density at radius 1 is 1.12 bits per heavy atom. The van der Waals surface area contributed by atoms with Crippen LogP contribution in [0.15, 0.2) is 53.6 Å². The molecule has 0 radical (unpaired) electrons. The van der Waals surface area contributed by atoms with E-state index in [-0.39, 0.29) is 4.90 Å². The van der Waals surface area contributed by atoms with Crippen LogP contribution in [-0.2, 0) is 23.0 Å². The van der Waals surface area contributed by atoms with Crippen LogP contribution in [0.1, 0.15) is 11.3 Å². The number of hydrogen-bond acceptors (Lipinski definition) is 4. The van der Waals surface area contributed by atoms with E-state index in [0.29, 0.717) is 30.2 Å². The molecule has 0 bridgehead atoms. The Balaban J connectivity index is 1.70. The van der Waals surface area contributed by atoms with Gasteiger partial charge >= 0.3 is 0 Å². The first-order valence-electron chi connectivity index (χ1n) is 7.53. The third-order valence-corrected chi connectivity index (χ3v) is 6.27. The summed E-state index contributed by atoms with van der Waals surface area (Å²) in [6, 6.07) is 12.0. The van der Waals surface area contributed by atoms with Crippen LogP contribution in [0.25, 0.3) is 11.0 Å². The van der Waals surface area contributed by atoms with Crippen LogP contribution in [-0.4, -0.2) is 29.2 Å². The molecule has 0 N–H and O–H groups in total. The topological polar surface area (TPSA) is 63.2 Å². The van der Waals surface area contributed by atoms with Gasteiger partial charge in [0.15, 0.2) is 5.65 Å². The Bertz CT molecular complexity index is 1020. The zero-order valence-electron chi connectivity index (χ0n) is 12.7. The summed E-state index contributed by atoms with van der Waals surface area (Å²) in [6.07, 6.45) is 2.29. The largest absolute Gasteiger partial charge is 0.243 e. The maximum atomic E-state index is 12.8. The molecule has 3 aromatic rings. The van der Waals surface area contributed by atoms with E-state index in [0.717, 1.165) is 16.6 Å². The second kappa shape index (κ2) is 5.81. The molecule has 24 heavy (non-hydrogen) atoms. The highest BCUT2D eigenvalue weighted by molar-refractivity contribution is 7.89. The average molecular weight is 360 g/mol. The average Bonchev–Trinajstić information content (AvgIpc) is 2.59. The van der Waals surface area contributed by atoms with E-state index in [4.69, 9.17) is 11.6 Å². The first kappa shape index (κ1) is 15.5. The van der Waals surface area contributed by atoms with Crippen LogP contribution in [0.3, 0.4) is 0 Å². The normalized spacial score (nSPS) is 15.4. The Labute approximate surface area is 145 Å². The summed E-state index contributed by atoms with van der Waals surface area (Å²) in [7, 11) is -3.54. The quantitative estimate of drug-likeness (QED) is 0.705. The molecule has 122 valence electrons. The van der Waals surface area contributed by atoms with Crippen molar-refractivity contribution in [3.63, 3.8) is 0 Å². The van der Waals surface area contributed by atoms with Crippen molar-refractivity contribution in [3.05, 3.63) is 64.9 Å². The molecule has 0 fully saturated rings. The zero-order chi connectivity index (χ0) is 16.7. The summed E-state index contributed by atoms with van der Waals surface area (Å²) in [5.74, 6) is 0. The summed E-state index contributed by atoms with van der Waals surface area (Å²) in [5, 5.41) is 1.43. The van der Waals surface area contributed by atoms with Crippen LogP contribution < -0.4 is 0 Å². The maximum Gasteiger partial charge on any atom is 0.243 e. The van der Waals surface area contributed by atoms with Crippen LogP contribution in [0.5, 0.6) is 0 Å². The highest BCUT2D eigenvalue weighted by Gasteiger charge is 2.29. The van der Waals surface area contributed by atoms with Gasteiger partial charge in [-0.15, -0.1) is 0 Å². The minimum atomic E-state index is -3.54.